The zero-order valence-electron chi connectivity index (χ0n) is 13.4. The van der Waals surface area contributed by atoms with Crippen LogP contribution in [-0.2, 0) is 11.3 Å². The molecule has 24 heavy (non-hydrogen) atoms. The Labute approximate surface area is 140 Å². The van der Waals surface area contributed by atoms with Gasteiger partial charge in [-0.3, -0.25) is 14.9 Å². The van der Waals surface area contributed by atoms with E-state index in [1.54, 1.807) is 20.2 Å². The third kappa shape index (κ3) is 2.92. The molecule has 0 aliphatic carbocycles. The molecule has 0 saturated heterocycles. The number of amides is 1. The molecule has 3 aromatic rings. The van der Waals surface area contributed by atoms with Gasteiger partial charge < -0.3 is 8.98 Å². The van der Waals surface area contributed by atoms with Crippen LogP contribution in [0.15, 0.2) is 20.7 Å². The molecule has 0 atom stereocenters. The summed E-state index contributed by atoms with van der Waals surface area (Å²) in [5.74, 6) is 0.504. The summed E-state index contributed by atoms with van der Waals surface area (Å²) in [7, 11) is 0. The van der Waals surface area contributed by atoms with E-state index in [4.69, 9.17) is 4.42 Å². The first kappa shape index (κ1) is 16.2. The fourth-order valence-electron chi connectivity index (χ4n) is 2.40. The highest BCUT2D eigenvalue weighted by Gasteiger charge is 2.19. The van der Waals surface area contributed by atoms with E-state index in [-0.39, 0.29) is 17.5 Å². The number of H-pyrrole nitrogens is 1. The largest absolute Gasteiger partial charge is 0.444 e. The highest BCUT2D eigenvalue weighted by Crippen LogP contribution is 2.28. The number of thioether (sulfide) groups is 1. The van der Waals surface area contributed by atoms with Crippen molar-refractivity contribution in [2.75, 3.05) is 11.1 Å². The van der Waals surface area contributed by atoms with E-state index in [9.17, 15) is 9.59 Å². The normalized spacial score (nSPS) is 11.1. The zero-order valence-corrected chi connectivity index (χ0v) is 14.2. The Morgan fingerprint density at radius 1 is 1.42 bits per heavy atom. The van der Waals surface area contributed by atoms with Gasteiger partial charge in [-0.2, -0.15) is 5.10 Å². The number of carbonyl (C=O) groups is 1. The molecular formula is C14H16N6O3S. The molecule has 0 saturated carbocycles. The van der Waals surface area contributed by atoms with Crippen LogP contribution >= 0.6 is 11.8 Å². The van der Waals surface area contributed by atoms with Crippen LogP contribution in [0.3, 0.4) is 0 Å². The van der Waals surface area contributed by atoms with Gasteiger partial charge in [0.05, 0.1) is 16.8 Å². The maximum atomic E-state index is 12.2. The number of fused-ring (bicyclic) bond motifs is 1. The van der Waals surface area contributed by atoms with Gasteiger partial charge >= 0.3 is 0 Å². The van der Waals surface area contributed by atoms with Gasteiger partial charge in [-0.25, -0.2) is 5.10 Å². The van der Waals surface area contributed by atoms with Crippen LogP contribution < -0.4 is 10.9 Å². The lowest BCUT2D eigenvalue weighted by Gasteiger charge is -2.03. The van der Waals surface area contributed by atoms with Crippen molar-refractivity contribution in [3.63, 3.8) is 0 Å². The number of aryl methyl sites for hydroxylation is 3. The van der Waals surface area contributed by atoms with Crippen LogP contribution in [0.5, 0.6) is 0 Å². The Balaban J connectivity index is 1.79. The van der Waals surface area contributed by atoms with E-state index in [0.717, 1.165) is 6.54 Å². The van der Waals surface area contributed by atoms with Crippen LogP contribution in [0.2, 0.25) is 0 Å². The van der Waals surface area contributed by atoms with Crippen molar-refractivity contribution in [2.45, 2.75) is 32.5 Å². The Bertz CT molecular complexity index is 957. The maximum absolute atomic E-state index is 12.2. The smallest absolute Gasteiger partial charge is 0.277 e. The van der Waals surface area contributed by atoms with Crippen molar-refractivity contribution in [3.05, 3.63) is 28.1 Å². The van der Waals surface area contributed by atoms with Crippen molar-refractivity contribution in [1.29, 1.82) is 0 Å². The maximum Gasteiger partial charge on any atom is 0.277 e. The number of aromatic amines is 1. The Hall–Kier alpha value is -2.62. The van der Waals surface area contributed by atoms with E-state index in [2.05, 4.69) is 25.7 Å². The molecule has 0 radical (unpaired) electrons. The SMILES string of the molecule is CCn1cnnc1SCC(=O)Nc1oc(C)c2c(C)n[nH]c(=O)c12. The predicted molar refractivity (Wildman–Crippen MR) is 89.2 cm³/mol. The molecule has 9 nitrogen and oxygen atoms in total. The predicted octanol–water partition coefficient (Wildman–Crippen LogP) is 1.48. The number of aromatic nitrogens is 5. The van der Waals surface area contributed by atoms with Gasteiger partial charge in [0.2, 0.25) is 11.8 Å². The topological polar surface area (TPSA) is 119 Å². The molecule has 0 fully saturated rings. The summed E-state index contributed by atoms with van der Waals surface area (Å²) in [5.41, 5.74) is 0.234. The second-order valence-electron chi connectivity index (χ2n) is 5.11. The molecule has 3 heterocycles. The molecule has 3 rings (SSSR count). The molecule has 0 spiro atoms. The Kier molecular flexibility index (Phi) is 4.38. The third-order valence-corrected chi connectivity index (χ3v) is 4.49. The number of carbonyl (C=O) groups excluding carboxylic acids is 1. The zero-order chi connectivity index (χ0) is 17.3. The molecule has 0 bridgehead atoms. The fourth-order valence-corrected chi connectivity index (χ4v) is 3.18. The molecule has 1 amide bonds. The van der Waals surface area contributed by atoms with Crippen LogP contribution in [0, 0.1) is 13.8 Å². The highest BCUT2D eigenvalue weighted by molar-refractivity contribution is 7.99. The minimum absolute atomic E-state index is 0.127. The number of nitrogens with zero attached hydrogens (tertiary/aromatic N) is 4. The number of hydrogen-bond donors (Lipinski definition) is 2. The average Bonchev–Trinajstić information content (AvgIpc) is 3.13. The van der Waals surface area contributed by atoms with Gasteiger partial charge in [0, 0.05) is 6.54 Å². The summed E-state index contributed by atoms with van der Waals surface area (Å²) in [5, 5.41) is 18.3. The quantitative estimate of drug-likeness (QED) is 0.670. The summed E-state index contributed by atoms with van der Waals surface area (Å²) in [6, 6.07) is 0. The third-order valence-electron chi connectivity index (χ3n) is 3.50. The highest BCUT2D eigenvalue weighted by atomic mass is 32.2. The monoisotopic (exact) mass is 348 g/mol. The molecule has 2 N–H and O–H groups in total. The number of anilines is 1. The first-order valence-electron chi connectivity index (χ1n) is 7.30. The van der Waals surface area contributed by atoms with Crippen molar-refractivity contribution >= 4 is 34.3 Å². The molecular weight excluding hydrogens is 332 g/mol. The first-order chi connectivity index (χ1) is 11.5. The van der Waals surface area contributed by atoms with Crippen molar-refractivity contribution in [2.24, 2.45) is 0 Å². The minimum Gasteiger partial charge on any atom is -0.444 e. The average molecular weight is 348 g/mol. The summed E-state index contributed by atoms with van der Waals surface area (Å²) >= 11 is 1.26. The number of furan rings is 1. The van der Waals surface area contributed by atoms with E-state index < -0.39 is 5.56 Å². The fraction of sp³-hybridized carbons (Fsp3) is 0.357. The molecule has 0 aromatic carbocycles. The Morgan fingerprint density at radius 2 is 2.21 bits per heavy atom. The second kappa shape index (κ2) is 6.48. The van der Waals surface area contributed by atoms with Crippen LogP contribution in [0.1, 0.15) is 18.4 Å². The molecule has 0 aliphatic rings. The molecule has 0 unspecified atom stereocenters. The van der Waals surface area contributed by atoms with Crippen LogP contribution in [0.4, 0.5) is 5.88 Å². The minimum atomic E-state index is -0.402. The van der Waals surface area contributed by atoms with E-state index in [0.29, 0.717) is 27.4 Å². The van der Waals surface area contributed by atoms with Crippen molar-refractivity contribution in [1.82, 2.24) is 25.0 Å². The van der Waals surface area contributed by atoms with Crippen molar-refractivity contribution in [3.8, 4) is 0 Å². The summed E-state index contributed by atoms with van der Waals surface area (Å²) < 4.78 is 7.38. The van der Waals surface area contributed by atoms with Gasteiger partial charge in [0.25, 0.3) is 5.56 Å². The number of rotatable bonds is 5. The van der Waals surface area contributed by atoms with E-state index in [1.165, 1.54) is 11.8 Å². The van der Waals surface area contributed by atoms with Gasteiger partial charge in [-0.15, -0.1) is 10.2 Å². The van der Waals surface area contributed by atoms with Crippen LogP contribution in [0.25, 0.3) is 10.8 Å². The van der Waals surface area contributed by atoms with Gasteiger partial charge in [-0.05, 0) is 20.8 Å². The van der Waals surface area contributed by atoms with Crippen molar-refractivity contribution < 1.29 is 9.21 Å². The van der Waals surface area contributed by atoms with Crippen LogP contribution in [-0.4, -0.2) is 36.6 Å². The lowest BCUT2D eigenvalue weighted by Crippen LogP contribution is -2.16. The molecule has 126 valence electrons. The van der Waals surface area contributed by atoms with Gasteiger partial charge in [0.1, 0.15) is 17.5 Å². The second-order valence-corrected chi connectivity index (χ2v) is 6.05. The Morgan fingerprint density at radius 3 is 2.96 bits per heavy atom. The van der Waals surface area contributed by atoms with Gasteiger partial charge in [0.15, 0.2) is 5.16 Å². The van der Waals surface area contributed by atoms with E-state index >= 15 is 0 Å². The lowest BCUT2D eigenvalue weighted by molar-refractivity contribution is -0.113. The summed E-state index contributed by atoms with van der Waals surface area (Å²) in [6.07, 6.45) is 1.61. The lowest BCUT2D eigenvalue weighted by atomic mass is 10.2. The summed E-state index contributed by atoms with van der Waals surface area (Å²) in [4.78, 5) is 24.2. The molecule has 3 aromatic heterocycles. The standard InChI is InChI=1S/C14H16N6O3S/c1-4-20-6-15-19-14(20)24-5-9(21)16-13-11-10(8(3)23-13)7(2)17-18-12(11)22/h6H,4-5H2,1-3H3,(H,16,21)(H,18,22). The summed E-state index contributed by atoms with van der Waals surface area (Å²) in [6.45, 7) is 6.18. The molecule has 10 heteroatoms. The van der Waals surface area contributed by atoms with E-state index in [1.807, 2.05) is 11.5 Å². The van der Waals surface area contributed by atoms with Gasteiger partial charge in [-0.1, -0.05) is 11.8 Å². The first-order valence-corrected chi connectivity index (χ1v) is 8.28. The number of nitrogens with one attached hydrogen (secondary N) is 2. The number of hydrogen-bond acceptors (Lipinski definition) is 7. The molecule has 0 aliphatic heterocycles.